The lowest BCUT2D eigenvalue weighted by Crippen LogP contribution is -2.06. The molecule has 8 heavy (non-hydrogen) atoms. The summed E-state index contributed by atoms with van der Waals surface area (Å²) < 4.78 is 10.0. The van der Waals surface area contributed by atoms with Crippen molar-refractivity contribution in [1.29, 1.82) is 0 Å². The van der Waals surface area contributed by atoms with E-state index in [1.165, 1.54) is 11.8 Å². The van der Waals surface area contributed by atoms with Gasteiger partial charge in [-0.15, -0.1) is 0 Å². The molecular formula is C4H7Cl2FS. The van der Waals surface area contributed by atoms with Gasteiger partial charge in [0.1, 0.15) is 0 Å². The van der Waals surface area contributed by atoms with E-state index in [-0.39, 0.29) is 5.75 Å². The molecule has 0 aliphatic heterocycles. The molecule has 0 unspecified atom stereocenters. The molecule has 0 bridgehead atoms. The quantitative estimate of drug-likeness (QED) is 0.597. The van der Waals surface area contributed by atoms with E-state index in [1.54, 1.807) is 0 Å². The van der Waals surface area contributed by atoms with Gasteiger partial charge in [0.05, 0.1) is 5.75 Å². The van der Waals surface area contributed by atoms with Crippen LogP contribution in [0.15, 0.2) is 0 Å². The Balaban J connectivity index is 3.11. The molecule has 0 aromatic heterocycles. The van der Waals surface area contributed by atoms with E-state index < -0.39 is 4.59 Å². The van der Waals surface area contributed by atoms with Crippen LogP contribution < -0.4 is 0 Å². The SMILES string of the molecule is CCSCC(F)(Cl)Cl. The highest BCUT2D eigenvalue weighted by molar-refractivity contribution is 7.99. The number of halogens is 3. The van der Waals surface area contributed by atoms with Gasteiger partial charge in [-0.05, 0) is 5.75 Å². The molecule has 50 valence electrons. The molecule has 0 aliphatic rings. The molecular weight excluding hydrogens is 170 g/mol. The monoisotopic (exact) mass is 176 g/mol. The highest BCUT2D eigenvalue weighted by Gasteiger charge is 2.20. The van der Waals surface area contributed by atoms with E-state index in [0.29, 0.717) is 0 Å². The summed E-state index contributed by atoms with van der Waals surface area (Å²) in [4.78, 5) is 0. The van der Waals surface area contributed by atoms with Crippen LogP contribution in [-0.4, -0.2) is 16.1 Å². The third-order valence-corrected chi connectivity index (χ3v) is 2.06. The second-order valence-electron chi connectivity index (χ2n) is 1.25. The van der Waals surface area contributed by atoms with Gasteiger partial charge in [-0.3, -0.25) is 0 Å². The van der Waals surface area contributed by atoms with Crippen LogP contribution in [0.25, 0.3) is 0 Å². The number of rotatable bonds is 3. The highest BCUT2D eigenvalue weighted by Crippen LogP contribution is 2.26. The standard InChI is InChI=1S/C4H7Cl2FS/c1-2-8-3-4(5,6)7/h2-3H2,1H3. The maximum atomic E-state index is 12.1. The molecule has 0 aromatic carbocycles. The lowest BCUT2D eigenvalue weighted by molar-refractivity contribution is 0.430. The smallest absolute Gasteiger partial charge is 0.207 e. The number of alkyl halides is 3. The van der Waals surface area contributed by atoms with Crippen LogP contribution in [-0.2, 0) is 0 Å². The molecule has 0 atom stereocenters. The van der Waals surface area contributed by atoms with Gasteiger partial charge in [0.25, 0.3) is 4.59 Å². The first-order valence-electron chi connectivity index (χ1n) is 2.20. The van der Waals surface area contributed by atoms with Crippen LogP contribution in [0.1, 0.15) is 6.92 Å². The first-order chi connectivity index (χ1) is 3.56. The minimum absolute atomic E-state index is 0.145. The van der Waals surface area contributed by atoms with E-state index in [9.17, 15) is 4.39 Å². The van der Waals surface area contributed by atoms with Crippen molar-refractivity contribution in [2.24, 2.45) is 0 Å². The van der Waals surface area contributed by atoms with Crippen molar-refractivity contribution < 1.29 is 4.39 Å². The van der Waals surface area contributed by atoms with Crippen LogP contribution >= 0.6 is 35.0 Å². The first kappa shape index (κ1) is 8.86. The Morgan fingerprint density at radius 1 is 1.62 bits per heavy atom. The molecule has 4 heteroatoms. The number of thioether (sulfide) groups is 1. The molecule has 0 fully saturated rings. The molecule has 0 saturated heterocycles. The van der Waals surface area contributed by atoms with Crippen LogP contribution in [0.4, 0.5) is 4.39 Å². The van der Waals surface area contributed by atoms with Gasteiger partial charge in [0, 0.05) is 0 Å². The predicted molar refractivity (Wildman–Crippen MR) is 38.5 cm³/mol. The molecule has 0 saturated carbocycles. The third kappa shape index (κ3) is 6.86. The molecule has 0 spiro atoms. The van der Waals surface area contributed by atoms with Gasteiger partial charge in [-0.25, -0.2) is 4.39 Å². The molecule has 0 aliphatic carbocycles. The average molecular weight is 177 g/mol. The van der Waals surface area contributed by atoms with Crippen LogP contribution in [0.3, 0.4) is 0 Å². The third-order valence-electron chi connectivity index (χ3n) is 0.470. The highest BCUT2D eigenvalue weighted by atomic mass is 35.5. The Kier molecular flexibility index (Phi) is 4.21. The van der Waals surface area contributed by atoms with Crippen LogP contribution in [0.5, 0.6) is 0 Å². The summed E-state index contributed by atoms with van der Waals surface area (Å²) in [5, 5.41) is 0. The maximum absolute atomic E-state index is 12.1. The number of hydrogen-bond acceptors (Lipinski definition) is 1. The Labute approximate surface area is 62.7 Å². The Morgan fingerprint density at radius 2 is 2.12 bits per heavy atom. The summed E-state index contributed by atoms with van der Waals surface area (Å²) in [6.45, 7) is 1.92. The predicted octanol–water partition coefficient (Wildman–Crippen LogP) is 2.84. The lowest BCUT2D eigenvalue weighted by Gasteiger charge is -2.05. The van der Waals surface area contributed by atoms with Crippen LogP contribution in [0, 0.1) is 0 Å². The van der Waals surface area contributed by atoms with Crippen molar-refractivity contribution in [2.45, 2.75) is 11.5 Å². The van der Waals surface area contributed by atoms with Gasteiger partial charge in [-0.1, -0.05) is 30.1 Å². The van der Waals surface area contributed by atoms with Gasteiger partial charge < -0.3 is 0 Å². The normalized spacial score (nSPS) is 12.0. The largest absolute Gasteiger partial charge is 0.266 e. The molecule has 0 rings (SSSR count). The zero-order chi connectivity index (χ0) is 6.62. The van der Waals surface area contributed by atoms with E-state index >= 15 is 0 Å². The van der Waals surface area contributed by atoms with E-state index in [2.05, 4.69) is 0 Å². The second-order valence-corrected chi connectivity index (χ2v) is 3.92. The minimum atomic E-state index is -2.04. The summed E-state index contributed by atoms with van der Waals surface area (Å²) >= 11 is 11.4. The molecule has 0 N–H and O–H groups in total. The molecule has 0 amide bonds. The summed E-state index contributed by atoms with van der Waals surface area (Å²) in [5.41, 5.74) is 0. The fourth-order valence-corrected chi connectivity index (χ4v) is 1.12. The van der Waals surface area contributed by atoms with Crippen molar-refractivity contribution in [3.8, 4) is 0 Å². The van der Waals surface area contributed by atoms with Crippen LogP contribution in [0.2, 0.25) is 0 Å². The van der Waals surface area contributed by atoms with Crippen molar-refractivity contribution in [1.82, 2.24) is 0 Å². The minimum Gasteiger partial charge on any atom is -0.207 e. The Bertz CT molecular complexity index is 61.5. The Hall–Kier alpha value is 0.860. The molecule has 0 nitrogen and oxygen atoms in total. The summed E-state index contributed by atoms with van der Waals surface area (Å²) in [6, 6.07) is 0. The van der Waals surface area contributed by atoms with Crippen molar-refractivity contribution in [3.05, 3.63) is 0 Å². The zero-order valence-electron chi connectivity index (χ0n) is 4.46. The summed E-state index contributed by atoms with van der Waals surface area (Å²) in [5.74, 6) is 0.984. The second kappa shape index (κ2) is 3.80. The van der Waals surface area contributed by atoms with Crippen molar-refractivity contribution in [3.63, 3.8) is 0 Å². The van der Waals surface area contributed by atoms with Crippen molar-refractivity contribution >= 4 is 35.0 Å². The van der Waals surface area contributed by atoms with Gasteiger partial charge in [0.2, 0.25) is 0 Å². The van der Waals surface area contributed by atoms with Gasteiger partial charge >= 0.3 is 0 Å². The van der Waals surface area contributed by atoms with Crippen molar-refractivity contribution in [2.75, 3.05) is 11.5 Å². The first-order valence-corrected chi connectivity index (χ1v) is 4.12. The fraction of sp³-hybridized carbons (Fsp3) is 1.00. The average Bonchev–Trinajstić information content (AvgIpc) is 1.59. The van der Waals surface area contributed by atoms with Gasteiger partial charge in [-0.2, -0.15) is 11.8 Å². The molecule has 0 heterocycles. The maximum Gasteiger partial charge on any atom is 0.266 e. The van der Waals surface area contributed by atoms with E-state index in [1.807, 2.05) is 6.92 Å². The van der Waals surface area contributed by atoms with Gasteiger partial charge in [0.15, 0.2) is 0 Å². The van der Waals surface area contributed by atoms with E-state index in [0.717, 1.165) is 5.75 Å². The molecule has 0 aromatic rings. The zero-order valence-corrected chi connectivity index (χ0v) is 6.78. The summed E-state index contributed by atoms with van der Waals surface area (Å²) in [6.07, 6.45) is 0. The van der Waals surface area contributed by atoms with E-state index in [4.69, 9.17) is 23.2 Å². The lowest BCUT2D eigenvalue weighted by atomic mass is 10.9. The topological polar surface area (TPSA) is 0 Å². The molecule has 0 radical (unpaired) electrons. The summed E-state index contributed by atoms with van der Waals surface area (Å²) in [7, 11) is 0. The fourth-order valence-electron chi connectivity index (χ4n) is 0.218. The number of hydrogen-bond donors (Lipinski definition) is 0. The Morgan fingerprint density at radius 3 is 2.25 bits per heavy atom.